The number of carboxylic acids is 1. The first-order valence-corrected chi connectivity index (χ1v) is 8.80. The van der Waals surface area contributed by atoms with E-state index in [2.05, 4.69) is 5.32 Å². The molecule has 2 aromatic rings. The van der Waals surface area contributed by atoms with Crippen LogP contribution in [0.3, 0.4) is 0 Å². The minimum Gasteiger partial charge on any atom is -0.478 e. The Morgan fingerprint density at radius 1 is 1.22 bits per heavy atom. The molecular weight excluding hydrogens is 379 g/mol. The number of carbonyl (C=O) groups is 1. The molecule has 2 N–H and O–H groups in total. The lowest BCUT2D eigenvalue weighted by Crippen LogP contribution is -2.29. The van der Waals surface area contributed by atoms with Gasteiger partial charge >= 0.3 is 12.1 Å². The molecule has 0 bridgehead atoms. The summed E-state index contributed by atoms with van der Waals surface area (Å²) in [6.07, 6.45) is 0.234. The van der Waals surface area contributed by atoms with Crippen molar-refractivity contribution in [2.45, 2.75) is 24.6 Å². The Balaban J connectivity index is 1.80. The van der Waals surface area contributed by atoms with Crippen LogP contribution in [0.25, 0.3) is 0 Å². The summed E-state index contributed by atoms with van der Waals surface area (Å²) in [6.45, 7) is 0. The zero-order valence-corrected chi connectivity index (χ0v) is 14.7. The lowest BCUT2D eigenvalue weighted by molar-refractivity contribution is -0.137. The number of hydrogen-bond donors (Lipinski definition) is 2. The minimum absolute atomic E-state index is 0.0129. The fourth-order valence-electron chi connectivity index (χ4n) is 4.02. The third kappa shape index (κ3) is 3.08. The molecule has 3 nitrogen and oxygen atoms in total. The number of hydrogen-bond acceptors (Lipinski definition) is 2. The quantitative estimate of drug-likeness (QED) is 0.626. The molecule has 0 unspecified atom stereocenters. The highest BCUT2D eigenvalue weighted by Crippen LogP contribution is 2.52. The van der Waals surface area contributed by atoms with Gasteiger partial charge in [0.1, 0.15) is 0 Å². The van der Waals surface area contributed by atoms with Crippen LogP contribution in [0.2, 0.25) is 5.02 Å². The van der Waals surface area contributed by atoms with E-state index in [-0.39, 0.29) is 28.5 Å². The molecule has 0 amide bonds. The average molecular weight is 394 g/mol. The highest BCUT2D eigenvalue weighted by Gasteiger charge is 2.40. The number of rotatable bonds is 2. The molecule has 2 aromatic carbocycles. The summed E-state index contributed by atoms with van der Waals surface area (Å²) >= 11 is 6.31. The number of aromatic carboxylic acids is 1. The van der Waals surface area contributed by atoms with Gasteiger partial charge in [0.15, 0.2) is 0 Å². The summed E-state index contributed by atoms with van der Waals surface area (Å²) in [5, 5.41) is 12.8. The molecule has 0 spiro atoms. The Kier molecular flexibility index (Phi) is 4.18. The number of anilines is 1. The summed E-state index contributed by atoms with van der Waals surface area (Å²) in [4.78, 5) is 11.3. The van der Waals surface area contributed by atoms with Crippen molar-refractivity contribution in [3.8, 4) is 0 Å². The molecule has 0 saturated carbocycles. The fourth-order valence-corrected chi connectivity index (χ4v) is 4.30. The van der Waals surface area contributed by atoms with Crippen LogP contribution in [-0.4, -0.2) is 11.1 Å². The Labute approximate surface area is 158 Å². The number of nitrogens with one attached hydrogen (secondary N) is 1. The maximum absolute atomic E-state index is 13.1. The van der Waals surface area contributed by atoms with Gasteiger partial charge in [0.25, 0.3) is 0 Å². The topological polar surface area (TPSA) is 49.3 Å². The molecule has 1 aliphatic carbocycles. The summed E-state index contributed by atoms with van der Waals surface area (Å²) in [6, 6.07) is 7.89. The van der Waals surface area contributed by atoms with Crippen molar-refractivity contribution in [1.29, 1.82) is 0 Å². The minimum atomic E-state index is -4.41. The van der Waals surface area contributed by atoms with Crippen LogP contribution in [-0.2, 0) is 6.18 Å². The molecule has 1 heterocycles. The highest BCUT2D eigenvalue weighted by molar-refractivity contribution is 6.33. The summed E-state index contributed by atoms with van der Waals surface area (Å²) < 4.78 is 39.4. The van der Waals surface area contributed by atoms with Gasteiger partial charge in [-0.2, -0.15) is 13.2 Å². The number of carboxylic acid groups (broad SMARTS) is 1. The Hall–Kier alpha value is -2.47. The van der Waals surface area contributed by atoms with Crippen LogP contribution in [0.1, 0.15) is 45.4 Å². The molecular formula is C20H15ClF3NO2. The van der Waals surface area contributed by atoms with Crippen molar-refractivity contribution in [2.75, 3.05) is 5.32 Å². The molecule has 0 fully saturated rings. The van der Waals surface area contributed by atoms with Crippen LogP contribution in [0.15, 0.2) is 48.6 Å². The molecule has 140 valence electrons. The van der Waals surface area contributed by atoms with E-state index in [1.165, 1.54) is 12.1 Å². The van der Waals surface area contributed by atoms with Gasteiger partial charge in [0, 0.05) is 5.92 Å². The van der Waals surface area contributed by atoms with Crippen LogP contribution in [0.5, 0.6) is 0 Å². The van der Waals surface area contributed by atoms with Crippen LogP contribution < -0.4 is 5.32 Å². The molecule has 2 aliphatic rings. The SMILES string of the molecule is O=C(O)c1cc(Cl)c2c(c1)[C@H]1C=CC[C@H]1[C@@H](c1cccc(C(F)(F)F)c1)N2. The Morgan fingerprint density at radius 2 is 2.00 bits per heavy atom. The van der Waals surface area contributed by atoms with Gasteiger partial charge in [-0.25, -0.2) is 4.79 Å². The van der Waals surface area contributed by atoms with E-state index in [1.54, 1.807) is 12.1 Å². The normalized spacial score (nSPS) is 23.5. The van der Waals surface area contributed by atoms with Crippen molar-refractivity contribution < 1.29 is 23.1 Å². The van der Waals surface area contributed by atoms with E-state index in [0.29, 0.717) is 17.7 Å². The second kappa shape index (κ2) is 6.30. The zero-order chi connectivity index (χ0) is 19.3. The largest absolute Gasteiger partial charge is 0.478 e. The van der Waals surface area contributed by atoms with Gasteiger partial charge in [-0.1, -0.05) is 35.9 Å². The summed E-state index contributed by atoms with van der Waals surface area (Å²) in [5.41, 5.74) is 1.28. The predicted octanol–water partition coefficient (Wildman–Crippen LogP) is 5.88. The predicted molar refractivity (Wildman–Crippen MR) is 96.2 cm³/mol. The van der Waals surface area contributed by atoms with Crippen LogP contribution >= 0.6 is 11.6 Å². The number of halogens is 4. The summed E-state index contributed by atoms with van der Waals surface area (Å²) in [5.74, 6) is -1.18. The van der Waals surface area contributed by atoms with E-state index < -0.39 is 17.7 Å². The smallest absolute Gasteiger partial charge is 0.416 e. The van der Waals surface area contributed by atoms with Gasteiger partial charge in [-0.15, -0.1) is 0 Å². The lowest BCUT2D eigenvalue weighted by atomic mass is 9.76. The molecule has 7 heteroatoms. The molecule has 27 heavy (non-hydrogen) atoms. The fraction of sp³-hybridized carbons (Fsp3) is 0.250. The Morgan fingerprint density at radius 3 is 2.70 bits per heavy atom. The monoisotopic (exact) mass is 393 g/mol. The second-order valence-electron chi connectivity index (χ2n) is 6.83. The Bertz CT molecular complexity index is 955. The first-order valence-electron chi connectivity index (χ1n) is 8.43. The van der Waals surface area contributed by atoms with E-state index >= 15 is 0 Å². The molecule has 1 aliphatic heterocycles. The van der Waals surface area contributed by atoms with E-state index in [4.69, 9.17) is 11.6 Å². The number of fused-ring (bicyclic) bond motifs is 3. The first-order chi connectivity index (χ1) is 12.8. The van der Waals surface area contributed by atoms with E-state index in [0.717, 1.165) is 17.7 Å². The van der Waals surface area contributed by atoms with Crippen LogP contribution in [0, 0.1) is 5.92 Å². The standard InChI is InChI=1S/C20H15ClF3NO2/c21-16-9-11(19(26)27)8-15-13-5-2-6-14(13)17(25-18(15)16)10-3-1-4-12(7-10)20(22,23)24/h1-5,7-9,13-14,17,25H,6H2,(H,26,27)/t13-,14+,17+/m0/s1. The van der Waals surface area contributed by atoms with Crippen molar-refractivity contribution in [3.05, 3.63) is 75.8 Å². The maximum atomic E-state index is 13.1. The van der Waals surface area contributed by atoms with Crippen molar-refractivity contribution in [3.63, 3.8) is 0 Å². The van der Waals surface area contributed by atoms with Gasteiger partial charge in [-0.3, -0.25) is 0 Å². The number of benzene rings is 2. The molecule has 0 aromatic heterocycles. The van der Waals surface area contributed by atoms with Crippen LogP contribution in [0.4, 0.5) is 18.9 Å². The maximum Gasteiger partial charge on any atom is 0.416 e. The number of alkyl halides is 3. The molecule has 4 rings (SSSR count). The van der Waals surface area contributed by atoms with Crippen molar-refractivity contribution in [1.82, 2.24) is 0 Å². The summed E-state index contributed by atoms with van der Waals surface area (Å²) in [7, 11) is 0. The van der Waals surface area contributed by atoms with Gasteiger partial charge in [0.2, 0.25) is 0 Å². The first kappa shape index (κ1) is 17.9. The number of allylic oxidation sites excluding steroid dienone is 2. The third-order valence-corrected chi connectivity index (χ3v) is 5.54. The van der Waals surface area contributed by atoms with Crippen molar-refractivity contribution in [2.24, 2.45) is 5.92 Å². The highest BCUT2D eigenvalue weighted by atomic mass is 35.5. The molecule has 0 saturated heterocycles. The van der Waals surface area contributed by atoms with Gasteiger partial charge in [-0.05, 0) is 47.7 Å². The third-order valence-electron chi connectivity index (χ3n) is 5.24. The molecule has 3 atom stereocenters. The van der Waals surface area contributed by atoms with Crippen molar-refractivity contribution >= 4 is 23.3 Å². The zero-order valence-electron chi connectivity index (χ0n) is 13.9. The van der Waals surface area contributed by atoms with Gasteiger partial charge in [0.05, 0.1) is 27.9 Å². The molecule has 0 radical (unpaired) electrons. The van der Waals surface area contributed by atoms with Gasteiger partial charge < -0.3 is 10.4 Å². The van der Waals surface area contributed by atoms with E-state index in [9.17, 15) is 23.1 Å². The lowest BCUT2D eigenvalue weighted by Gasteiger charge is -2.38. The van der Waals surface area contributed by atoms with E-state index in [1.807, 2.05) is 12.2 Å². The second-order valence-corrected chi connectivity index (χ2v) is 7.23. The average Bonchev–Trinajstić information content (AvgIpc) is 3.10.